The first-order chi connectivity index (χ1) is 9.29. The lowest BCUT2D eigenvalue weighted by molar-refractivity contribution is 0.284. The van der Waals surface area contributed by atoms with Gasteiger partial charge in [-0.25, -0.2) is 4.39 Å². The summed E-state index contributed by atoms with van der Waals surface area (Å²) in [6, 6.07) is 5.13. The third kappa shape index (κ3) is 2.06. The third-order valence-corrected chi connectivity index (χ3v) is 3.25. The van der Waals surface area contributed by atoms with Crippen molar-refractivity contribution >= 4 is 0 Å². The summed E-state index contributed by atoms with van der Waals surface area (Å²) in [4.78, 5) is 0. The topological polar surface area (TPSA) is 50.8 Å². The zero-order chi connectivity index (χ0) is 13.2. The number of fused-ring (bicyclic) bond motifs is 1. The van der Waals surface area contributed by atoms with Crippen LogP contribution < -0.4 is 4.74 Å². The van der Waals surface area contributed by atoms with E-state index in [1.54, 1.807) is 10.9 Å². The van der Waals surface area contributed by atoms with Crippen molar-refractivity contribution in [2.24, 2.45) is 0 Å². The highest BCUT2D eigenvalue weighted by Gasteiger charge is 2.22. The minimum Gasteiger partial charge on any atom is -0.492 e. The molecule has 96 valence electrons. The SMILES string of the molecule is N#Cc1c(F)cc(Cn2cccn2)c2c1OCCC2. The first-order valence-corrected chi connectivity index (χ1v) is 6.14. The van der Waals surface area contributed by atoms with E-state index in [-0.39, 0.29) is 5.56 Å². The van der Waals surface area contributed by atoms with Crippen LogP contribution in [0.3, 0.4) is 0 Å². The first kappa shape index (κ1) is 11.7. The molecule has 4 nitrogen and oxygen atoms in total. The summed E-state index contributed by atoms with van der Waals surface area (Å²) in [7, 11) is 0. The molecular weight excluding hydrogens is 245 g/mol. The molecule has 0 atom stereocenters. The van der Waals surface area contributed by atoms with Gasteiger partial charge in [0.1, 0.15) is 23.2 Å². The molecule has 1 aliphatic heterocycles. The normalized spacial score (nSPS) is 13.5. The second-order valence-corrected chi connectivity index (χ2v) is 4.47. The largest absolute Gasteiger partial charge is 0.492 e. The Labute approximate surface area is 110 Å². The van der Waals surface area contributed by atoms with Gasteiger partial charge >= 0.3 is 0 Å². The molecule has 1 aromatic carbocycles. The second-order valence-electron chi connectivity index (χ2n) is 4.47. The lowest BCUT2D eigenvalue weighted by Crippen LogP contribution is -2.15. The highest BCUT2D eigenvalue weighted by molar-refractivity contribution is 5.53. The molecule has 19 heavy (non-hydrogen) atoms. The molecule has 1 aliphatic rings. The van der Waals surface area contributed by atoms with Gasteiger partial charge in [-0.15, -0.1) is 0 Å². The number of nitrogens with zero attached hydrogens (tertiary/aromatic N) is 3. The summed E-state index contributed by atoms with van der Waals surface area (Å²) < 4.78 is 21.2. The lowest BCUT2D eigenvalue weighted by atomic mass is 9.96. The van der Waals surface area contributed by atoms with Gasteiger partial charge in [-0.3, -0.25) is 4.68 Å². The Morgan fingerprint density at radius 1 is 1.53 bits per heavy atom. The number of ether oxygens (including phenoxy) is 1. The molecule has 1 aromatic heterocycles. The molecule has 2 heterocycles. The van der Waals surface area contributed by atoms with Gasteiger partial charge in [0.2, 0.25) is 0 Å². The van der Waals surface area contributed by atoms with E-state index in [9.17, 15) is 4.39 Å². The lowest BCUT2D eigenvalue weighted by Gasteiger charge is -2.21. The fourth-order valence-electron chi connectivity index (χ4n) is 2.39. The van der Waals surface area contributed by atoms with E-state index < -0.39 is 5.82 Å². The summed E-state index contributed by atoms with van der Waals surface area (Å²) in [6.07, 6.45) is 5.20. The van der Waals surface area contributed by atoms with Crippen molar-refractivity contribution in [3.05, 3.63) is 47.0 Å². The maximum absolute atomic E-state index is 13.9. The molecule has 0 amide bonds. The van der Waals surface area contributed by atoms with Gasteiger partial charge in [0.05, 0.1) is 13.2 Å². The Hall–Kier alpha value is -2.35. The molecule has 5 heteroatoms. The van der Waals surface area contributed by atoms with Crippen molar-refractivity contribution in [1.82, 2.24) is 9.78 Å². The highest BCUT2D eigenvalue weighted by Crippen LogP contribution is 2.33. The molecule has 0 bridgehead atoms. The van der Waals surface area contributed by atoms with Crippen molar-refractivity contribution in [1.29, 1.82) is 5.26 Å². The van der Waals surface area contributed by atoms with Crippen molar-refractivity contribution in [3.63, 3.8) is 0 Å². The smallest absolute Gasteiger partial charge is 0.145 e. The molecule has 0 saturated heterocycles. The van der Waals surface area contributed by atoms with E-state index in [1.165, 1.54) is 6.07 Å². The summed E-state index contributed by atoms with van der Waals surface area (Å²) in [5, 5.41) is 13.2. The van der Waals surface area contributed by atoms with Gasteiger partial charge in [-0.05, 0) is 30.5 Å². The molecule has 0 N–H and O–H groups in total. The van der Waals surface area contributed by atoms with Crippen molar-refractivity contribution < 1.29 is 9.13 Å². The van der Waals surface area contributed by atoms with E-state index in [0.29, 0.717) is 18.9 Å². The van der Waals surface area contributed by atoms with Crippen LogP contribution >= 0.6 is 0 Å². The zero-order valence-electron chi connectivity index (χ0n) is 10.3. The van der Waals surface area contributed by atoms with Crippen LogP contribution in [-0.4, -0.2) is 16.4 Å². The zero-order valence-corrected chi connectivity index (χ0v) is 10.3. The van der Waals surface area contributed by atoms with E-state index in [2.05, 4.69) is 5.10 Å². The number of halogens is 1. The Bertz CT molecular complexity index is 644. The number of hydrogen-bond acceptors (Lipinski definition) is 3. The van der Waals surface area contributed by atoms with Crippen LogP contribution in [0.1, 0.15) is 23.1 Å². The fourth-order valence-corrected chi connectivity index (χ4v) is 2.39. The summed E-state index contributed by atoms with van der Waals surface area (Å²) >= 11 is 0. The molecule has 0 spiro atoms. The van der Waals surface area contributed by atoms with Crippen LogP contribution in [0.15, 0.2) is 24.5 Å². The molecule has 0 radical (unpaired) electrons. The molecular formula is C14H12FN3O. The van der Waals surface area contributed by atoms with Gasteiger partial charge < -0.3 is 4.74 Å². The van der Waals surface area contributed by atoms with Crippen LogP contribution in [0, 0.1) is 17.1 Å². The first-order valence-electron chi connectivity index (χ1n) is 6.14. The predicted octanol–water partition coefficient (Wildman–Crippen LogP) is 2.27. The van der Waals surface area contributed by atoms with Gasteiger partial charge in [0.25, 0.3) is 0 Å². The molecule has 2 aromatic rings. The Morgan fingerprint density at radius 3 is 3.16 bits per heavy atom. The van der Waals surface area contributed by atoms with Crippen LogP contribution in [0.2, 0.25) is 0 Å². The summed E-state index contributed by atoms with van der Waals surface area (Å²) in [6.45, 7) is 1.02. The van der Waals surface area contributed by atoms with Crippen LogP contribution in [-0.2, 0) is 13.0 Å². The number of benzene rings is 1. The molecule has 0 fully saturated rings. The number of nitriles is 1. The Morgan fingerprint density at radius 2 is 2.42 bits per heavy atom. The quantitative estimate of drug-likeness (QED) is 0.829. The standard InChI is InChI=1S/C14H12FN3O/c15-13-7-10(9-18-5-2-4-17-18)11-3-1-6-19-14(11)12(13)8-16/h2,4-5,7H,1,3,6,9H2. The molecule has 0 aliphatic carbocycles. The maximum Gasteiger partial charge on any atom is 0.145 e. The minimum absolute atomic E-state index is 0.0129. The average Bonchev–Trinajstić information content (AvgIpc) is 2.92. The van der Waals surface area contributed by atoms with Gasteiger partial charge in [0, 0.05) is 18.0 Å². The van der Waals surface area contributed by atoms with Crippen LogP contribution in [0.4, 0.5) is 4.39 Å². The van der Waals surface area contributed by atoms with E-state index in [1.807, 2.05) is 18.3 Å². The average molecular weight is 257 g/mol. The Balaban J connectivity index is 2.10. The fraction of sp³-hybridized carbons (Fsp3) is 0.286. The van der Waals surface area contributed by atoms with Gasteiger partial charge in [-0.2, -0.15) is 10.4 Å². The third-order valence-electron chi connectivity index (χ3n) is 3.25. The van der Waals surface area contributed by atoms with E-state index in [0.717, 1.165) is 24.0 Å². The minimum atomic E-state index is -0.523. The number of rotatable bonds is 2. The predicted molar refractivity (Wildman–Crippen MR) is 66.3 cm³/mol. The summed E-state index contributed by atoms with van der Waals surface area (Å²) in [5.41, 5.74) is 1.77. The van der Waals surface area contributed by atoms with Gasteiger partial charge in [0.15, 0.2) is 0 Å². The number of aromatic nitrogens is 2. The number of hydrogen-bond donors (Lipinski definition) is 0. The van der Waals surface area contributed by atoms with E-state index >= 15 is 0 Å². The monoisotopic (exact) mass is 257 g/mol. The van der Waals surface area contributed by atoms with Crippen LogP contribution in [0.25, 0.3) is 0 Å². The second kappa shape index (κ2) is 4.73. The molecule has 0 unspecified atom stereocenters. The van der Waals surface area contributed by atoms with E-state index in [4.69, 9.17) is 10.00 Å². The Kier molecular flexibility index (Phi) is 2.92. The van der Waals surface area contributed by atoms with Gasteiger partial charge in [-0.1, -0.05) is 0 Å². The van der Waals surface area contributed by atoms with Crippen molar-refractivity contribution in [2.45, 2.75) is 19.4 Å². The van der Waals surface area contributed by atoms with Crippen molar-refractivity contribution in [2.75, 3.05) is 6.61 Å². The van der Waals surface area contributed by atoms with Crippen LogP contribution in [0.5, 0.6) is 5.75 Å². The molecule has 3 rings (SSSR count). The maximum atomic E-state index is 13.9. The summed E-state index contributed by atoms with van der Waals surface area (Å²) in [5.74, 6) is -0.110. The highest BCUT2D eigenvalue weighted by atomic mass is 19.1. The molecule has 0 saturated carbocycles. The van der Waals surface area contributed by atoms with Crippen molar-refractivity contribution in [3.8, 4) is 11.8 Å².